The standard InChI is InChI=1S/C25H18F11NO3/c26-19-10-14(23(29,30)31)7-8-18(19)21(37-12-20(38)24(32,33)34)13-3-1-4-15(9-13)39-16-5-2-6-17(11-16)40-25(35,36)22(27)28/h1-11,20-22,37-38H,12H2/t20-,21-/m1/s1. The van der Waals surface area contributed by atoms with Crippen LogP contribution in [0, 0.1) is 5.82 Å². The maximum absolute atomic E-state index is 14.8. The molecule has 0 unspecified atom stereocenters. The summed E-state index contributed by atoms with van der Waals surface area (Å²) in [5.41, 5.74) is -1.87. The maximum Gasteiger partial charge on any atom is 0.461 e. The van der Waals surface area contributed by atoms with E-state index >= 15 is 0 Å². The lowest BCUT2D eigenvalue weighted by Crippen LogP contribution is -2.40. The maximum atomic E-state index is 14.8. The second-order valence-electron chi connectivity index (χ2n) is 8.25. The van der Waals surface area contributed by atoms with Gasteiger partial charge in [-0.2, -0.15) is 43.9 Å². The van der Waals surface area contributed by atoms with Gasteiger partial charge < -0.3 is 19.9 Å². The summed E-state index contributed by atoms with van der Waals surface area (Å²) >= 11 is 0. The predicted molar refractivity (Wildman–Crippen MR) is 118 cm³/mol. The molecule has 0 heterocycles. The Morgan fingerprint density at radius 3 is 1.95 bits per heavy atom. The highest BCUT2D eigenvalue weighted by Gasteiger charge is 2.44. The van der Waals surface area contributed by atoms with E-state index in [1.54, 1.807) is 0 Å². The first-order valence-corrected chi connectivity index (χ1v) is 11.0. The summed E-state index contributed by atoms with van der Waals surface area (Å²) in [6.45, 7) is -1.17. The SMILES string of the molecule is O[C@H](CN[C@H](c1cccc(Oc2cccc(OC(F)(F)C(F)F)c2)c1)c1ccc(C(F)(F)F)cc1F)C(F)(F)F. The summed E-state index contributed by atoms with van der Waals surface area (Å²) < 4.78 is 153. The summed E-state index contributed by atoms with van der Waals surface area (Å²) in [6, 6.07) is 9.01. The van der Waals surface area contributed by atoms with Gasteiger partial charge in [-0.15, -0.1) is 0 Å². The van der Waals surface area contributed by atoms with Crippen molar-refractivity contribution in [1.82, 2.24) is 5.32 Å². The van der Waals surface area contributed by atoms with Gasteiger partial charge in [-0.25, -0.2) is 4.39 Å². The molecule has 0 bridgehead atoms. The van der Waals surface area contributed by atoms with Crippen molar-refractivity contribution >= 4 is 0 Å². The van der Waals surface area contributed by atoms with Gasteiger partial charge in [0.15, 0.2) is 6.10 Å². The topological polar surface area (TPSA) is 50.7 Å². The van der Waals surface area contributed by atoms with Crippen LogP contribution in [0.4, 0.5) is 48.3 Å². The second kappa shape index (κ2) is 11.9. The number of benzene rings is 3. The normalized spacial score (nSPS) is 14.2. The molecule has 15 heteroatoms. The molecule has 0 aromatic heterocycles. The minimum atomic E-state index is -5.06. The van der Waals surface area contributed by atoms with Crippen LogP contribution in [0.3, 0.4) is 0 Å². The minimum Gasteiger partial charge on any atom is -0.457 e. The first-order chi connectivity index (χ1) is 18.5. The Labute approximate surface area is 218 Å². The highest BCUT2D eigenvalue weighted by molar-refractivity contribution is 5.42. The van der Waals surface area contributed by atoms with Crippen LogP contribution in [-0.2, 0) is 6.18 Å². The van der Waals surface area contributed by atoms with Gasteiger partial charge >= 0.3 is 24.9 Å². The molecule has 0 saturated carbocycles. The molecule has 0 spiro atoms. The van der Waals surface area contributed by atoms with Gasteiger partial charge in [-0.1, -0.05) is 24.3 Å². The number of ether oxygens (including phenoxy) is 2. The van der Waals surface area contributed by atoms with Crippen LogP contribution in [0.25, 0.3) is 0 Å². The Hall–Kier alpha value is -3.59. The van der Waals surface area contributed by atoms with Crippen LogP contribution < -0.4 is 14.8 Å². The lowest BCUT2D eigenvalue weighted by molar-refractivity contribution is -0.253. The summed E-state index contributed by atoms with van der Waals surface area (Å²) in [5, 5.41) is 11.6. The van der Waals surface area contributed by atoms with E-state index < -0.39 is 66.3 Å². The van der Waals surface area contributed by atoms with Crippen molar-refractivity contribution in [2.24, 2.45) is 0 Å². The molecule has 0 saturated heterocycles. The van der Waals surface area contributed by atoms with Crippen LogP contribution in [0.2, 0.25) is 0 Å². The number of aliphatic hydroxyl groups excluding tert-OH is 1. The second-order valence-corrected chi connectivity index (χ2v) is 8.25. The molecule has 3 aromatic carbocycles. The number of hydrogen-bond acceptors (Lipinski definition) is 4. The molecular weight excluding hydrogens is 571 g/mol. The summed E-state index contributed by atoms with van der Waals surface area (Å²) in [6.07, 6.45) is -21.8. The van der Waals surface area contributed by atoms with Crippen LogP contribution >= 0.6 is 0 Å². The quantitative estimate of drug-likeness (QED) is 0.241. The number of halogens is 11. The van der Waals surface area contributed by atoms with Crippen LogP contribution in [0.1, 0.15) is 22.7 Å². The van der Waals surface area contributed by atoms with Gasteiger partial charge in [0.2, 0.25) is 0 Å². The van der Waals surface area contributed by atoms with E-state index in [1.165, 1.54) is 24.3 Å². The van der Waals surface area contributed by atoms with E-state index in [-0.39, 0.29) is 23.1 Å². The average Bonchev–Trinajstić information content (AvgIpc) is 2.83. The first-order valence-electron chi connectivity index (χ1n) is 11.0. The van der Waals surface area contributed by atoms with E-state index in [1.807, 2.05) is 0 Å². The van der Waals surface area contributed by atoms with E-state index in [0.29, 0.717) is 12.1 Å². The van der Waals surface area contributed by atoms with Crippen LogP contribution in [-0.4, -0.2) is 36.5 Å². The fourth-order valence-electron chi connectivity index (χ4n) is 3.39. The molecule has 2 N–H and O–H groups in total. The number of hydrogen-bond donors (Lipinski definition) is 2. The Balaban J connectivity index is 1.93. The Bertz CT molecular complexity index is 1300. The van der Waals surface area contributed by atoms with Crippen molar-refractivity contribution in [3.8, 4) is 17.2 Å². The number of nitrogens with one attached hydrogen (secondary N) is 1. The number of rotatable bonds is 10. The fourth-order valence-corrected chi connectivity index (χ4v) is 3.39. The molecule has 0 aliphatic rings. The molecule has 218 valence electrons. The molecule has 0 fully saturated rings. The molecule has 4 nitrogen and oxygen atoms in total. The molecule has 0 radical (unpaired) electrons. The van der Waals surface area contributed by atoms with Gasteiger partial charge in [-0.05, 0) is 42.0 Å². The minimum absolute atomic E-state index is 0.0258. The van der Waals surface area contributed by atoms with E-state index in [0.717, 1.165) is 24.3 Å². The lowest BCUT2D eigenvalue weighted by atomic mass is 9.96. The lowest BCUT2D eigenvalue weighted by Gasteiger charge is -2.24. The summed E-state index contributed by atoms with van der Waals surface area (Å²) in [7, 11) is 0. The van der Waals surface area contributed by atoms with E-state index in [2.05, 4.69) is 10.1 Å². The van der Waals surface area contributed by atoms with Gasteiger partial charge in [0.1, 0.15) is 23.1 Å². The Kier molecular flexibility index (Phi) is 9.19. The largest absolute Gasteiger partial charge is 0.461 e. The van der Waals surface area contributed by atoms with Gasteiger partial charge in [0.25, 0.3) is 0 Å². The van der Waals surface area contributed by atoms with Crippen molar-refractivity contribution in [1.29, 1.82) is 0 Å². The van der Waals surface area contributed by atoms with Crippen molar-refractivity contribution < 1.29 is 62.9 Å². The zero-order valence-corrected chi connectivity index (χ0v) is 19.7. The molecule has 3 aromatic rings. The van der Waals surface area contributed by atoms with Crippen molar-refractivity contribution in [2.75, 3.05) is 6.54 Å². The smallest absolute Gasteiger partial charge is 0.457 e. The molecule has 3 rings (SSSR count). The molecule has 0 aliphatic heterocycles. The third-order valence-electron chi connectivity index (χ3n) is 5.27. The summed E-state index contributed by atoms with van der Waals surface area (Å²) in [4.78, 5) is 0. The number of aliphatic hydroxyl groups is 1. The highest BCUT2D eigenvalue weighted by atomic mass is 19.4. The van der Waals surface area contributed by atoms with Crippen LogP contribution in [0.15, 0.2) is 66.7 Å². The zero-order chi connectivity index (χ0) is 29.9. The molecular formula is C25H18F11NO3. The van der Waals surface area contributed by atoms with Crippen molar-refractivity contribution in [3.05, 3.63) is 89.2 Å². The Morgan fingerprint density at radius 1 is 0.775 bits per heavy atom. The highest BCUT2D eigenvalue weighted by Crippen LogP contribution is 2.35. The van der Waals surface area contributed by atoms with Gasteiger partial charge in [0.05, 0.1) is 11.6 Å². The van der Waals surface area contributed by atoms with E-state index in [4.69, 9.17) is 4.74 Å². The van der Waals surface area contributed by atoms with Gasteiger partial charge in [-0.3, -0.25) is 0 Å². The van der Waals surface area contributed by atoms with E-state index in [9.17, 15) is 53.4 Å². The zero-order valence-electron chi connectivity index (χ0n) is 19.7. The van der Waals surface area contributed by atoms with Crippen molar-refractivity contribution in [3.63, 3.8) is 0 Å². The fraction of sp³-hybridized carbons (Fsp3) is 0.280. The monoisotopic (exact) mass is 589 g/mol. The molecule has 2 atom stereocenters. The van der Waals surface area contributed by atoms with Gasteiger partial charge in [0, 0.05) is 18.2 Å². The molecule has 40 heavy (non-hydrogen) atoms. The average molecular weight is 589 g/mol. The summed E-state index contributed by atoms with van der Waals surface area (Å²) in [5.74, 6) is -2.40. The number of alkyl halides is 10. The molecule has 0 amide bonds. The molecule has 0 aliphatic carbocycles. The van der Waals surface area contributed by atoms with Crippen molar-refractivity contribution in [2.45, 2.75) is 37.0 Å². The third kappa shape index (κ3) is 7.97. The van der Waals surface area contributed by atoms with Crippen LogP contribution in [0.5, 0.6) is 17.2 Å². The Morgan fingerprint density at radius 2 is 1.38 bits per heavy atom. The first kappa shape index (κ1) is 30.9. The third-order valence-corrected chi connectivity index (χ3v) is 5.27. The predicted octanol–water partition coefficient (Wildman–Crippen LogP) is 7.48.